The third kappa shape index (κ3) is 5.90. The average Bonchev–Trinajstić information content (AvgIpc) is 3.27. The Kier molecular flexibility index (Phi) is 8.81. The summed E-state index contributed by atoms with van der Waals surface area (Å²) in [4.78, 5) is 28.8. The van der Waals surface area contributed by atoms with E-state index >= 15 is 0 Å². The Morgan fingerprint density at radius 2 is 1.68 bits per heavy atom. The number of ether oxygens (including phenoxy) is 4. The van der Waals surface area contributed by atoms with Gasteiger partial charge in [0.15, 0.2) is 0 Å². The van der Waals surface area contributed by atoms with Crippen LogP contribution < -0.4 is 4.74 Å². The summed E-state index contributed by atoms with van der Waals surface area (Å²) in [5.41, 5.74) is 5.56. The van der Waals surface area contributed by atoms with Gasteiger partial charge in [-0.15, -0.1) is 0 Å². The Bertz CT molecular complexity index is 1270. The number of methoxy groups -OCH3 is 2. The lowest BCUT2D eigenvalue weighted by Crippen LogP contribution is -2.44. The minimum atomic E-state index is -0.832. The van der Waals surface area contributed by atoms with Gasteiger partial charge in [0.1, 0.15) is 25.3 Å². The second kappa shape index (κ2) is 12.2. The number of imide groups is 1. The average molecular weight is 518 g/mol. The van der Waals surface area contributed by atoms with E-state index in [-0.39, 0.29) is 19.3 Å². The molecule has 200 valence electrons. The molecule has 2 amide bonds. The molecule has 1 aliphatic heterocycles. The fourth-order valence-electron chi connectivity index (χ4n) is 5.12. The highest BCUT2D eigenvalue weighted by Crippen LogP contribution is 2.40. The molecule has 0 N–H and O–H groups in total. The molecule has 3 atom stereocenters. The predicted molar refractivity (Wildman–Crippen MR) is 144 cm³/mol. The van der Waals surface area contributed by atoms with Crippen LogP contribution in [0.5, 0.6) is 5.75 Å². The SMILES string of the molecule is COCO[C@@H](c1ccc(C)cc1C)[C@H](C(=O)N1C(=O)OC[C@H]1Cc1ccccc1)c1ccc(OC)cc1C. The maximum Gasteiger partial charge on any atom is 0.417 e. The maximum atomic E-state index is 14.5. The number of hydrogen-bond donors (Lipinski definition) is 0. The summed E-state index contributed by atoms with van der Waals surface area (Å²) in [5, 5.41) is 0. The molecule has 0 radical (unpaired) electrons. The Morgan fingerprint density at radius 3 is 2.34 bits per heavy atom. The van der Waals surface area contributed by atoms with Gasteiger partial charge in [-0.1, -0.05) is 60.2 Å². The van der Waals surface area contributed by atoms with Crippen LogP contribution in [-0.2, 0) is 25.4 Å². The van der Waals surface area contributed by atoms with Crippen LogP contribution in [0.4, 0.5) is 4.79 Å². The van der Waals surface area contributed by atoms with E-state index < -0.39 is 24.2 Å². The molecular weight excluding hydrogens is 482 g/mol. The monoisotopic (exact) mass is 517 g/mol. The molecule has 3 aromatic rings. The molecule has 0 aromatic heterocycles. The zero-order chi connectivity index (χ0) is 27.2. The molecule has 4 rings (SSSR count). The minimum Gasteiger partial charge on any atom is -0.497 e. The molecule has 7 nitrogen and oxygen atoms in total. The van der Waals surface area contributed by atoms with Crippen LogP contribution in [0.2, 0.25) is 0 Å². The van der Waals surface area contributed by atoms with Crippen molar-refractivity contribution in [1.29, 1.82) is 0 Å². The van der Waals surface area contributed by atoms with E-state index in [0.29, 0.717) is 12.2 Å². The van der Waals surface area contributed by atoms with E-state index in [2.05, 4.69) is 6.07 Å². The summed E-state index contributed by atoms with van der Waals surface area (Å²) in [6, 6.07) is 21.0. The first-order valence-electron chi connectivity index (χ1n) is 12.7. The van der Waals surface area contributed by atoms with Gasteiger partial charge in [-0.2, -0.15) is 0 Å². The van der Waals surface area contributed by atoms with Crippen molar-refractivity contribution in [1.82, 2.24) is 4.90 Å². The van der Waals surface area contributed by atoms with E-state index in [1.807, 2.05) is 81.4 Å². The van der Waals surface area contributed by atoms with Crippen LogP contribution in [0.15, 0.2) is 66.7 Å². The highest BCUT2D eigenvalue weighted by Gasteiger charge is 2.45. The number of aryl methyl sites for hydroxylation is 3. The Hall–Kier alpha value is -3.68. The normalized spacial score (nSPS) is 16.7. The first kappa shape index (κ1) is 27.4. The van der Waals surface area contributed by atoms with Crippen molar-refractivity contribution in [3.05, 3.63) is 100 Å². The van der Waals surface area contributed by atoms with Gasteiger partial charge in [0.25, 0.3) is 0 Å². The molecule has 7 heteroatoms. The molecule has 1 fully saturated rings. The van der Waals surface area contributed by atoms with Crippen molar-refractivity contribution >= 4 is 12.0 Å². The Labute approximate surface area is 224 Å². The molecule has 38 heavy (non-hydrogen) atoms. The van der Waals surface area contributed by atoms with E-state index in [1.165, 1.54) is 4.90 Å². The van der Waals surface area contributed by atoms with Gasteiger partial charge in [0, 0.05) is 7.11 Å². The Morgan fingerprint density at radius 1 is 0.974 bits per heavy atom. The first-order valence-corrected chi connectivity index (χ1v) is 12.7. The fourth-order valence-corrected chi connectivity index (χ4v) is 5.12. The lowest BCUT2D eigenvalue weighted by molar-refractivity contribution is -0.139. The lowest BCUT2D eigenvalue weighted by atomic mass is 9.83. The van der Waals surface area contributed by atoms with Crippen molar-refractivity contribution in [2.75, 3.05) is 27.6 Å². The second-order valence-corrected chi connectivity index (χ2v) is 9.68. The topological polar surface area (TPSA) is 74.3 Å². The number of benzene rings is 3. The molecule has 1 aliphatic rings. The van der Waals surface area contributed by atoms with E-state index in [0.717, 1.165) is 33.4 Å². The van der Waals surface area contributed by atoms with Gasteiger partial charge >= 0.3 is 6.09 Å². The van der Waals surface area contributed by atoms with Crippen molar-refractivity contribution < 1.29 is 28.5 Å². The predicted octanol–water partition coefficient (Wildman–Crippen LogP) is 5.66. The molecule has 1 heterocycles. The molecule has 0 unspecified atom stereocenters. The standard InChI is InChI=1S/C31H35NO6/c1-20-11-13-27(21(2)15-20)29(38-19-35-4)28(26-14-12-25(36-5)16-22(26)3)30(33)32-24(18-37-31(32)34)17-23-9-7-6-8-10-23/h6-16,24,28-29H,17-19H2,1-5H3/t24-,28-,29+/m1/s1. The molecule has 0 spiro atoms. The first-order chi connectivity index (χ1) is 18.3. The highest BCUT2D eigenvalue weighted by atomic mass is 16.7. The molecule has 1 saturated heterocycles. The summed E-state index contributed by atoms with van der Waals surface area (Å²) >= 11 is 0. The summed E-state index contributed by atoms with van der Waals surface area (Å²) in [7, 11) is 3.15. The minimum absolute atomic E-state index is 0.0190. The van der Waals surface area contributed by atoms with Crippen LogP contribution >= 0.6 is 0 Å². The fraction of sp³-hybridized carbons (Fsp3) is 0.355. The smallest absolute Gasteiger partial charge is 0.417 e. The van der Waals surface area contributed by atoms with Crippen LogP contribution in [0.3, 0.4) is 0 Å². The van der Waals surface area contributed by atoms with Crippen LogP contribution in [0.1, 0.15) is 45.4 Å². The van der Waals surface area contributed by atoms with E-state index in [1.54, 1.807) is 14.2 Å². The third-order valence-corrected chi connectivity index (χ3v) is 6.99. The van der Waals surface area contributed by atoms with Crippen molar-refractivity contribution in [2.24, 2.45) is 0 Å². The molecular formula is C31H35NO6. The summed E-state index contributed by atoms with van der Waals surface area (Å²) < 4.78 is 22.3. The third-order valence-electron chi connectivity index (χ3n) is 6.99. The maximum absolute atomic E-state index is 14.5. The van der Waals surface area contributed by atoms with Gasteiger partial charge in [0.05, 0.1) is 19.1 Å². The molecule has 0 aliphatic carbocycles. The molecule has 0 saturated carbocycles. The molecule has 0 bridgehead atoms. The number of nitrogens with zero attached hydrogens (tertiary/aromatic N) is 1. The highest BCUT2D eigenvalue weighted by molar-refractivity contribution is 5.98. The van der Waals surface area contributed by atoms with Crippen molar-refractivity contribution in [3.8, 4) is 5.75 Å². The number of hydrogen-bond acceptors (Lipinski definition) is 6. The van der Waals surface area contributed by atoms with E-state index in [9.17, 15) is 9.59 Å². The zero-order valence-electron chi connectivity index (χ0n) is 22.6. The zero-order valence-corrected chi connectivity index (χ0v) is 22.6. The molecule has 3 aromatic carbocycles. The number of amides is 2. The van der Waals surface area contributed by atoms with Gasteiger partial charge in [-0.25, -0.2) is 9.69 Å². The summed E-state index contributed by atoms with van der Waals surface area (Å²) in [5.74, 6) is -0.523. The lowest BCUT2D eigenvalue weighted by Gasteiger charge is -2.32. The van der Waals surface area contributed by atoms with Gasteiger partial charge in [0.2, 0.25) is 5.91 Å². The number of cyclic esters (lactones) is 1. The largest absolute Gasteiger partial charge is 0.497 e. The number of carbonyl (C=O) groups is 2. The second-order valence-electron chi connectivity index (χ2n) is 9.68. The van der Waals surface area contributed by atoms with Crippen LogP contribution in [0.25, 0.3) is 0 Å². The van der Waals surface area contributed by atoms with E-state index in [4.69, 9.17) is 18.9 Å². The van der Waals surface area contributed by atoms with Crippen LogP contribution in [0, 0.1) is 20.8 Å². The summed E-state index contributed by atoms with van der Waals surface area (Å²) in [6.45, 7) is 6.07. The number of rotatable bonds is 10. The van der Waals surface area contributed by atoms with Crippen molar-refractivity contribution in [3.63, 3.8) is 0 Å². The van der Waals surface area contributed by atoms with Crippen LogP contribution in [-0.4, -0.2) is 50.6 Å². The quantitative estimate of drug-likeness (QED) is 0.323. The van der Waals surface area contributed by atoms with Gasteiger partial charge < -0.3 is 18.9 Å². The number of carbonyl (C=O) groups excluding carboxylic acids is 2. The van der Waals surface area contributed by atoms with Gasteiger partial charge in [-0.05, 0) is 67.1 Å². The summed E-state index contributed by atoms with van der Waals surface area (Å²) in [6.07, 6.45) is -0.848. The van der Waals surface area contributed by atoms with Gasteiger partial charge in [-0.3, -0.25) is 4.79 Å². The Balaban J connectivity index is 1.82. The van der Waals surface area contributed by atoms with Crippen molar-refractivity contribution in [2.45, 2.75) is 45.3 Å².